The number of nitrogens with zero attached hydrogens (tertiary/aromatic N) is 1. The molecule has 3 heteroatoms. The minimum Gasteiger partial charge on any atom is -0.248 e. The number of benzene rings is 2. The van der Waals surface area contributed by atoms with Crippen molar-refractivity contribution in [2.45, 2.75) is 6.92 Å². The molecule has 0 aliphatic rings. The highest BCUT2D eigenvalue weighted by Crippen LogP contribution is 2.29. The molecule has 1 nitrogen and oxygen atoms in total. The molecule has 1 aromatic heterocycles. The van der Waals surface area contributed by atoms with Crippen LogP contribution in [0.1, 0.15) is 5.56 Å². The summed E-state index contributed by atoms with van der Waals surface area (Å²) in [5.74, 6) is 0. The van der Waals surface area contributed by atoms with Gasteiger partial charge in [0.15, 0.2) is 0 Å². The molecular formula is C16H11Cl2N. The van der Waals surface area contributed by atoms with E-state index in [9.17, 15) is 0 Å². The third kappa shape index (κ3) is 2.44. The molecule has 0 amide bonds. The molecule has 0 aliphatic heterocycles. The van der Waals surface area contributed by atoms with Gasteiger partial charge in [-0.1, -0.05) is 47.0 Å². The van der Waals surface area contributed by atoms with Crippen LogP contribution >= 0.6 is 23.2 Å². The standard InChI is InChI=1S/C16H11Cl2N/c1-10-2-7-15-13(8-10)14(18)9-16(19-15)11-3-5-12(17)6-4-11/h2-9H,1H3. The maximum Gasteiger partial charge on any atom is 0.0724 e. The summed E-state index contributed by atoms with van der Waals surface area (Å²) in [6.07, 6.45) is 0. The smallest absolute Gasteiger partial charge is 0.0724 e. The fraction of sp³-hybridized carbons (Fsp3) is 0.0625. The van der Waals surface area contributed by atoms with Gasteiger partial charge in [0.2, 0.25) is 0 Å². The Labute approximate surface area is 121 Å². The highest BCUT2D eigenvalue weighted by Gasteiger charge is 2.06. The summed E-state index contributed by atoms with van der Waals surface area (Å²) in [6.45, 7) is 2.04. The van der Waals surface area contributed by atoms with E-state index in [4.69, 9.17) is 23.2 Å². The summed E-state index contributed by atoms with van der Waals surface area (Å²) in [7, 11) is 0. The monoisotopic (exact) mass is 287 g/mol. The van der Waals surface area contributed by atoms with Crippen molar-refractivity contribution >= 4 is 34.1 Å². The minimum absolute atomic E-state index is 0.714. The van der Waals surface area contributed by atoms with Gasteiger partial charge >= 0.3 is 0 Å². The predicted molar refractivity (Wildman–Crippen MR) is 81.9 cm³/mol. The van der Waals surface area contributed by atoms with E-state index in [1.54, 1.807) is 0 Å². The van der Waals surface area contributed by atoms with Gasteiger partial charge in [0.05, 0.1) is 16.2 Å². The Bertz CT molecular complexity index is 749. The number of fused-ring (bicyclic) bond motifs is 1. The lowest BCUT2D eigenvalue weighted by Gasteiger charge is -2.06. The van der Waals surface area contributed by atoms with E-state index in [1.165, 1.54) is 5.56 Å². The summed E-state index contributed by atoms with van der Waals surface area (Å²) < 4.78 is 0. The molecule has 1 heterocycles. The molecule has 0 fully saturated rings. The second-order valence-corrected chi connectivity index (χ2v) is 5.36. The molecule has 2 aromatic carbocycles. The van der Waals surface area contributed by atoms with Crippen LogP contribution in [0.4, 0.5) is 0 Å². The molecule has 0 atom stereocenters. The zero-order valence-corrected chi connectivity index (χ0v) is 11.8. The van der Waals surface area contributed by atoms with E-state index in [0.29, 0.717) is 5.02 Å². The van der Waals surface area contributed by atoms with Crippen molar-refractivity contribution in [1.82, 2.24) is 4.98 Å². The number of aromatic nitrogens is 1. The first-order valence-corrected chi connectivity index (χ1v) is 6.72. The van der Waals surface area contributed by atoms with Gasteiger partial charge in [-0.05, 0) is 37.3 Å². The molecule has 0 spiro atoms. The maximum absolute atomic E-state index is 6.35. The lowest BCUT2D eigenvalue weighted by molar-refractivity contribution is 1.38. The summed E-state index contributed by atoms with van der Waals surface area (Å²) in [5, 5.41) is 2.42. The molecule has 19 heavy (non-hydrogen) atoms. The van der Waals surface area contributed by atoms with Gasteiger partial charge in [0, 0.05) is 16.0 Å². The van der Waals surface area contributed by atoms with Crippen molar-refractivity contribution in [3.8, 4) is 11.3 Å². The van der Waals surface area contributed by atoms with Crippen LogP contribution in [0.15, 0.2) is 48.5 Å². The van der Waals surface area contributed by atoms with Crippen molar-refractivity contribution in [2.75, 3.05) is 0 Å². The molecule has 0 bridgehead atoms. The van der Waals surface area contributed by atoms with Crippen molar-refractivity contribution < 1.29 is 0 Å². The normalized spacial score (nSPS) is 10.9. The Balaban J connectivity index is 2.20. The fourth-order valence-corrected chi connectivity index (χ4v) is 2.45. The highest BCUT2D eigenvalue weighted by atomic mass is 35.5. The first kappa shape index (κ1) is 12.5. The molecule has 3 rings (SSSR count). The molecule has 0 radical (unpaired) electrons. The quantitative estimate of drug-likeness (QED) is 0.574. The van der Waals surface area contributed by atoms with Gasteiger partial charge < -0.3 is 0 Å². The van der Waals surface area contributed by atoms with Crippen LogP contribution in [0.25, 0.3) is 22.2 Å². The maximum atomic E-state index is 6.35. The average molecular weight is 288 g/mol. The third-order valence-corrected chi connectivity index (χ3v) is 3.62. The van der Waals surface area contributed by atoms with Crippen LogP contribution in [0, 0.1) is 6.92 Å². The van der Waals surface area contributed by atoms with E-state index in [-0.39, 0.29) is 0 Å². The topological polar surface area (TPSA) is 12.9 Å². The third-order valence-electron chi connectivity index (χ3n) is 3.05. The Kier molecular flexibility index (Phi) is 3.17. The lowest BCUT2D eigenvalue weighted by atomic mass is 10.1. The molecule has 0 saturated heterocycles. The number of pyridine rings is 1. The Morgan fingerprint density at radius 2 is 1.63 bits per heavy atom. The van der Waals surface area contributed by atoms with E-state index < -0.39 is 0 Å². The predicted octanol–water partition coefficient (Wildman–Crippen LogP) is 5.52. The van der Waals surface area contributed by atoms with Crippen molar-refractivity contribution in [1.29, 1.82) is 0 Å². The Morgan fingerprint density at radius 3 is 2.37 bits per heavy atom. The van der Waals surface area contributed by atoms with Crippen LogP contribution in [0.2, 0.25) is 10.0 Å². The van der Waals surface area contributed by atoms with Gasteiger partial charge in [-0.2, -0.15) is 0 Å². The minimum atomic E-state index is 0.714. The molecule has 0 aliphatic carbocycles. The van der Waals surface area contributed by atoms with Crippen molar-refractivity contribution in [2.24, 2.45) is 0 Å². The largest absolute Gasteiger partial charge is 0.248 e. The lowest BCUT2D eigenvalue weighted by Crippen LogP contribution is -1.87. The van der Waals surface area contributed by atoms with E-state index in [0.717, 1.165) is 27.2 Å². The van der Waals surface area contributed by atoms with Gasteiger partial charge in [0.1, 0.15) is 0 Å². The number of halogens is 2. The SMILES string of the molecule is Cc1ccc2nc(-c3ccc(Cl)cc3)cc(Cl)c2c1. The Morgan fingerprint density at radius 1 is 0.895 bits per heavy atom. The Hall–Kier alpha value is -1.57. The van der Waals surface area contributed by atoms with Gasteiger partial charge in [-0.25, -0.2) is 4.98 Å². The van der Waals surface area contributed by atoms with Crippen molar-refractivity contribution in [3.05, 3.63) is 64.1 Å². The van der Waals surface area contributed by atoms with Crippen LogP contribution in [-0.2, 0) is 0 Å². The number of hydrogen-bond donors (Lipinski definition) is 0. The average Bonchev–Trinajstić information content (AvgIpc) is 2.40. The zero-order chi connectivity index (χ0) is 13.4. The number of aryl methyl sites for hydroxylation is 1. The van der Waals surface area contributed by atoms with Crippen LogP contribution in [0.5, 0.6) is 0 Å². The van der Waals surface area contributed by atoms with E-state index >= 15 is 0 Å². The van der Waals surface area contributed by atoms with Crippen molar-refractivity contribution in [3.63, 3.8) is 0 Å². The molecule has 3 aromatic rings. The summed E-state index contributed by atoms with van der Waals surface area (Å²) in [6, 6.07) is 15.6. The molecule has 0 saturated carbocycles. The zero-order valence-electron chi connectivity index (χ0n) is 10.3. The number of hydrogen-bond acceptors (Lipinski definition) is 1. The van der Waals surface area contributed by atoms with Gasteiger partial charge in [-0.15, -0.1) is 0 Å². The number of rotatable bonds is 1. The van der Waals surface area contributed by atoms with Crippen LogP contribution in [0.3, 0.4) is 0 Å². The van der Waals surface area contributed by atoms with Crippen LogP contribution < -0.4 is 0 Å². The molecule has 94 valence electrons. The highest BCUT2D eigenvalue weighted by molar-refractivity contribution is 6.35. The van der Waals surface area contributed by atoms with E-state index in [2.05, 4.69) is 11.1 Å². The van der Waals surface area contributed by atoms with Crippen LogP contribution in [-0.4, -0.2) is 4.98 Å². The van der Waals surface area contributed by atoms with Gasteiger partial charge in [-0.3, -0.25) is 0 Å². The summed E-state index contributed by atoms with van der Waals surface area (Å²) in [4.78, 5) is 4.65. The first-order chi connectivity index (χ1) is 9.13. The molecular weight excluding hydrogens is 277 g/mol. The molecule has 0 N–H and O–H groups in total. The summed E-state index contributed by atoms with van der Waals surface area (Å²) in [5.41, 5.74) is 3.95. The summed E-state index contributed by atoms with van der Waals surface area (Å²) >= 11 is 12.2. The molecule has 0 unspecified atom stereocenters. The van der Waals surface area contributed by atoms with Gasteiger partial charge in [0.25, 0.3) is 0 Å². The first-order valence-electron chi connectivity index (χ1n) is 5.96. The second kappa shape index (κ2) is 4.84. The fourth-order valence-electron chi connectivity index (χ4n) is 2.07. The van der Waals surface area contributed by atoms with E-state index in [1.807, 2.05) is 49.4 Å². The second-order valence-electron chi connectivity index (χ2n) is 4.52.